The largest absolute Gasteiger partial charge is 0.480 e. The zero-order valence-corrected chi connectivity index (χ0v) is 14.5. The Kier molecular flexibility index (Phi) is 5.37. The van der Waals surface area contributed by atoms with Crippen LogP contribution in [0.15, 0.2) is 18.2 Å². The second-order valence-electron chi connectivity index (χ2n) is 7.23. The lowest BCUT2D eigenvalue weighted by atomic mass is 9.85. The number of nitrogens with zero attached hydrogens (tertiary/aromatic N) is 1. The number of carboxylic acid groups (broad SMARTS) is 1. The lowest BCUT2D eigenvalue weighted by Gasteiger charge is -2.32. The molecule has 25 heavy (non-hydrogen) atoms. The molecular weight excluding hydrogens is 323 g/mol. The van der Waals surface area contributed by atoms with E-state index in [1.807, 2.05) is 4.90 Å². The van der Waals surface area contributed by atoms with Crippen molar-refractivity contribution >= 4 is 11.9 Å². The molecule has 5 nitrogen and oxygen atoms in total. The molecule has 1 heterocycles. The first kappa shape index (κ1) is 17.9. The van der Waals surface area contributed by atoms with E-state index in [1.165, 1.54) is 6.07 Å². The van der Waals surface area contributed by atoms with Crippen LogP contribution in [0, 0.1) is 18.7 Å². The molecule has 1 aliphatic heterocycles. The van der Waals surface area contributed by atoms with E-state index in [2.05, 4.69) is 5.32 Å². The normalized spacial score (nSPS) is 26.2. The second kappa shape index (κ2) is 7.52. The minimum absolute atomic E-state index is 0.0898. The molecule has 1 aromatic rings. The molecule has 6 heteroatoms. The lowest BCUT2D eigenvalue weighted by Crippen LogP contribution is -2.47. The summed E-state index contributed by atoms with van der Waals surface area (Å²) in [7, 11) is 0. The van der Waals surface area contributed by atoms with Crippen molar-refractivity contribution in [2.45, 2.75) is 57.7 Å². The Morgan fingerprint density at radius 3 is 2.80 bits per heavy atom. The number of carbonyl (C=O) groups is 2. The van der Waals surface area contributed by atoms with Gasteiger partial charge in [0.25, 0.3) is 0 Å². The maximum absolute atomic E-state index is 13.6. The maximum Gasteiger partial charge on any atom is 0.320 e. The lowest BCUT2D eigenvalue weighted by molar-refractivity contribution is -0.143. The standard InChI is InChI=1S/C19H25FN2O3/c1-12-6-7-13(8-15(12)20)10-21-18(23)11-22-16-5-3-2-4-14(16)9-17(22)19(24)25/h6-8,14,16-17H,2-5,9-11H2,1H3,(H,21,23)(H,24,25)/t14-,16-,17-/m0/s1. The zero-order valence-electron chi connectivity index (χ0n) is 14.5. The van der Waals surface area contributed by atoms with E-state index in [4.69, 9.17) is 0 Å². The van der Waals surface area contributed by atoms with Crippen molar-refractivity contribution in [1.29, 1.82) is 0 Å². The first-order chi connectivity index (χ1) is 12.0. The Labute approximate surface area is 147 Å². The monoisotopic (exact) mass is 348 g/mol. The molecule has 1 saturated carbocycles. The number of likely N-dealkylation sites (tertiary alicyclic amines) is 1. The Morgan fingerprint density at radius 2 is 2.08 bits per heavy atom. The number of aliphatic carboxylic acids is 1. The van der Waals surface area contributed by atoms with Gasteiger partial charge < -0.3 is 10.4 Å². The Hall–Kier alpha value is -1.95. The van der Waals surface area contributed by atoms with Gasteiger partial charge in [0.1, 0.15) is 11.9 Å². The number of amides is 1. The number of halogens is 1. The van der Waals surface area contributed by atoms with Crippen LogP contribution in [0.2, 0.25) is 0 Å². The molecule has 2 fully saturated rings. The highest BCUT2D eigenvalue weighted by Crippen LogP contribution is 2.39. The number of rotatable bonds is 5. The predicted molar refractivity (Wildman–Crippen MR) is 91.5 cm³/mol. The molecule has 2 aliphatic rings. The first-order valence-electron chi connectivity index (χ1n) is 8.96. The van der Waals surface area contributed by atoms with E-state index in [0.717, 1.165) is 25.7 Å². The van der Waals surface area contributed by atoms with E-state index in [1.54, 1.807) is 19.1 Å². The van der Waals surface area contributed by atoms with Crippen LogP contribution in [-0.4, -0.2) is 40.5 Å². The van der Waals surface area contributed by atoms with Crippen LogP contribution in [0.25, 0.3) is 0 Å². The number of fused-ring (bicyclic) bond motifs is 1. The number of carboxylic acids is 1. The Balaban J connectivity index is 1.60. The summed E-state index contributed by atoms with van der Waals surface area (Å²) in [6, 6.07) is 4.51. The molecule has 136 valence electrons. The van der Waals surface area contributed by atoms with Gasteiger partial charge >= 0.3 is 5.97 Å². The average Bonchev–Trinajstić information content (AvgIpc) is 2.95. The molecule has 0 spiro atoms. The average molecular weight is 348 g/mol. The highest BCUT2D eigenvalue weighted by molar-refractivity contribution is 5.80. The van der Waals surface area contributed by atoms with Gasteiger partial charge in [-0.25, -0.2) is 4.39 Å². The van der Waals surface area contributed by atoms with Crippen molar-refractivity contribution in [2.24, 2.45) is 5.92 Å². The summed E-state index contributed by atoms with van der Waals surface area (Å²) in [4.78, 5) is 25.8. The van der Waals surface area contributed by atoms with Gasteiger partial charge in [0.2, 0.25) is 5.91 Å². The summed E-state index contributed by atoms with van der Waals surface area (Å²) in [6.45, 7) is 2.03. The highest BCUT2D eigenvalue weighted by atomic mass is 19.1. The summed E-state index contributed by atoms with van der Waals surface area (Å²) < 4.78 is 13.6. The molecule has 0 radical (unpaired) electrons. The van der Waals surface area contributed by atoms with Crippen LogP contribution in [0.5, 0.6) is 0 Å². The summed E-state index contributed by atoms with van der Waals surface area (Å²) in [5.41, 5.74) is 1.27. The number of carbonyl (C=O) groups excluding carboxylic acids is 1. The Bertz CT molecular complexity index is 664. The van der Waals surface area contributed by atoms with Crippen LogP contribution in [-0.2, 0) is 16.1 Å². The van der Waals surface area contributed by atoms with E-state index < -0.39 is 12.0 Å². The van der Waals surface area contributed by atoms with Crippen LogP contribution in [0.4, 0.5) is 4.39 Å². The predicted octanol–water partition coefficient (Wildman–Crippen LogP) is 2.47. The Morgan fingerprint density at radius 1 is 1.32 bits per heavy atom. The first-order valence-corrected chi connectivity index (χ1v) is 8.96. The molecule has 1 saturated heterocycles. The van der Waals surface area contributed by atoms with Gasteiger partial charge in [-0.05, 0) is 49.3 Å². The second-order valence-corrected chi connectivity index (χ2v) is 7.23. The summed E-state index contributed by atoms with van der Waals surface area (Å²) >= 11 is 0. The van der Waals surface area contributed by atoms with E-state index >= 15 is 0 Å². The number of benzene rings is 1. The smallest absolute Gasteiger partial charge is 0.320 e. The third-order valence-corrected chi connectivity index (χ3v) is 5.56. The van der Waals surface area contributed by atoms with Gasteiger partial charge in [0, 0.05) is 12.6 Å². The highest BCUT2D eigenvalue weighted by Gasteiger charge is 2.45. The third-order valence-electron chi connectivity index (χ3n) is 5.56. The van der Waals surface area contributed by atoms with Crippen LogP contribution in [0.1, 0.15) is 43.2 Å². The quantitative estimate of drug-likeness (QED) is 0.858. The van der Waals surface area contributed by atoms with Gasteiger partial charge in [0.05, 0.1) is 6.54 Å². The van der Waals surface area contributed by atoms with Crippen molar-refractivity contribution in [3.8, 4) is 0 Å². The SMILES string of the molecule is Cc1ccc(CNC(=O)CN2[C@H](C(=O)O)C[C@@H]3CCCC[C@@H]32)cc1F. The van der Waals surface area contributed by atoms with Crippen molar-refractivity contribution in [3.05, 3.63) is 35.1 Å². The van der Waals surface area contributed by atoms with Crippen molar-refractivity contribution in [3.63, 3.8) is 0 Å². The molecule has 1 amide bonds. The van der Waals surface area contributed by atoms with E-state index in [-0.39, 0.29) is 30.9 Å². The number of aryl methyl sites for hydroxylation is 1. The van der Waals surface area contributed by atoms with Gasteiger partial charge in [0.15, 0.2) is 0 Å². The van der Waals surface area contributed by atoms with Crippen molar-refractivity contribution in [2.75, 3.05) is 6.54 Å². The minimum Gasteiger partial charge on any atom is -0.480 e. The minimum atomic E-state index is -0.845. The van der Waals surface area contributed by atoms with E-state index in [9.17, 15) is 19.1 Å². The zero-order chi connectivity index (χ0) is 18.0. The fraction of sp³-hybridized carbons (Fsp3) is 0.579. The van der Waals surface area contributed by atoms with E-state index in [0.29, 0.717) is 23.5 Å². The topological polar surface area (TPSA) is 69.6 Å². The summed E-state index contributed by atoms with van der Waals surface area (Å²) in [5.74, 6) is -0.961. The number of hydrogen-bond donors (Lipinski definition) is 2. The van der Waals surface area contributed by atoms with Gasteiger partial charge in [-0.15, -0.1) is 0 Å². The van der Waals surface area contributed by atoms with Crippen LogP contribution < -0.4 is 5.32 Å². The molecular formula is C19H25FN2O3. The van der Waals surface area contributed by atoms with Crippen molar-refractivity contribution in [1.82, 2.24) is 10.2 Å². The van der Waals surface area contributed by atoms with Crippen LogP contribution >= 0.6 is 0 Å². The molecule has 0 bridgehead atoms. The third kappa shape index (κ3) is 4.00. The summed E-state index contributed by atoms with van der Waals surface area (Å²) in [6.07, 6.45) is 4.89. The number of nitrogens with one attached hydrogen (secondary N) is 1. The fourth-order valence-corrected chi connectivity index (χ4v) is 4.19. The molecule has 2 N–H and O–H groups in total. The van der Waals surface area contributed by atoms with Crippen molar-refractivity contribution < 1.29 is 19.1 Å². The molecule has 3 atom stereocenters. The number of hydrogen-bond acceptors (Lipinski definition) is 3. The van der Waals surface area contributed by atoms with Gasteiger partial charge in [-0.1, -0.05) is 25.0 Å². The fourth-order valence-electron chi connectivity index (χ4n) is 4.19. The maximum atomic E-state index is 13.6. The molecule has 3 rings (SSSR count). The molecule has 0 aromatic heterocycles. The summed E-state index contributed by atoms with van der Waals surface area (Å²) in [5, 5.41) is 12.3. The van der Waals surface area contributed by atoms with Crippen LogP contribution in [0.3, 0.4) is 0 Å². The van der Waals surface area contributed by atoms with Gasteiger partial charge in [-0.3, -0.25) is 14.5 Å². The van der Waals surface area contributed by atoms with Gasteiger partial charge in [-0.2, -0.15) is 0 Å². The molecule has 0 unspecified atom stereocenters. The molecule has 1 aromatic carbocycles. The molecule has 1 aliphatic carbocycles.